The maximum Gasteiger partial charge on any atom is 0.248 e. The highest BCUT2D eigenvalue weighted by Gasteiger charge is 2.15. The van der Waals surface area contributed by atoms with E-state index < -0.39 is 6.10 Å². The molecule has 0 bridgehead atoms. The van der Waals surface area contributed by atoms with Crippen LogP contribution in [0.1, 0.15) is 31.1 Å². The Labute approximate surface area is 159 Å². The summed E-state index contributed by atoms with van der Waals surface area (Å²) >= 11 is 0. The molecule has 27 heavy (non-hydrogen) atoms. The normalized spacial score (nSPS) is 12.4. The van der Waals surface area contributed by atoms with Gasteiger partial charge in [-0.15, -0.1) is 0 Å². The highest BCUT2D eigenvalue weighted by atomic mass is 16.5. The average molecular weight is 366 g/mol. The summed E-state index contributed by atoms with van der Waals surface area (Å²) in [6, 6.07) is 16.7. The van der Waals surface area contributed by atoms with Crippen molar-refractivity contribution in [3.63, 3.8) is 0 Å². The predicted octanol–water partition coefficient (Wildman–Crippen LogP) is 3.39. The molecule has 1 unspecified atom stereocenters. The molecule has 142 valence electrons. The van der Waals surface area contributed by atoms with Crippen molar-refractivity contribution in [1.29, 1.82) is 0 Å². The van der Waals surface area contributed by atoms with Crippen molar-refractivity contribution >= 4 is 10.9 Å². The summed E-state index contributed by atoms with van der Waals surface area (Å²) in [4.78, 5) is 14.7. The molecule has 0 aliphatic rings. The van der Waals surface area contributed by atoms with E-state index >= 15 is 0 Å². The number of pyridine rings is 1. The van der Waals surface area contributed by atoms with Crippen LogP contribution in [0, 0.1) is 5.92 Å². The van der Waals surface area contributed by atoms with Crippen molar-refractivity contribution in [1.82, 2.24) is 10.3 Å². The van der Waals surface area contributed by atoms with E-state index in [9.17, 15) is 9.90 Å². The minimum absolute atomic E-state index is 0.198. The zero-order chi connectivity index (χ0) is 19.2. The zero-order valence-corrected chi connectivity index (χ0v) is 15.7. The Hall–Kier alpha value is -2.63. The number of nitrogens with one attached hydrogen (secondary N) is 2. The first-order chi connectivity index (χ1) is 13.0. The summed E-state index contributed by atoms with van der Waals surface area (Å²) in [6.07, 6.45) is -0.666. The van der Waals surface area contributed by atoms with Gasteiger partial charge in [-0.1, -0.05) is 50.2 Å². The van der Waals surface area contributed by atoms with Gasteiger partial charge in [0.1, 0.15) is 12.4 Å². The minimum atomic E-state index is -0.666. The summed E-state index contributed by atoms with van der Waals surface area (Å²) in [5, 5.41) is 14.7. The Morgan fingerprint density at radius 1 is 1.04 bits per heavy atom. The topological polar surface area (TPSA) is 74.3 Å². The number of aromatic nitrogens is 1. The van der Waals surface area contributed by atoms with E-state index in [1.165, 1.54) is 6.07 Å². The van der Waals surface area contributed by atoms with Crippen molar-refractivity contribution in [3.8, 4) is 5.75 Å². The number of benzene rings is 2. The van der Waals surface area contributed by atoms with Gasteiger partial charge in [0.05, 0.1) is 11.6 Å². The fourth-order valence-electron chi connectivity index (χ4n) is 3.01. The highest BCUT2D eigenvalue weighted by molar-refractivity contribution is 5.87. The van der Waals surface area contributed by atoms with E-state index in [1.54, 1.807) is 6.07 Å². The van der Waals surface area contributed by atoms with E-state index in [4.69, 9.17) is 4.74 Å². The lowest BCUT2D eigenvalue weighted by Gasteiger charge is -2.17. The fraction of sp³-hybridized carbons (Fsp3) is 0.318. The second-order valence-electron chi connectivity index (χ2n) is 7.11. The first kappa shape index (κ1) is 19.1. The summed E-state index contributed by atoms with van der Waals surface area (Å²) in [7, 11) is 0. The van der Waals surface area contributed by atoms with Gasteiger partial charge in [-0.05, 0) is 35.7 Å². The Morgan fingerprint density at radius 2 is 1.81 bits per heavy atom. The third-order valence-corrected chi connectivity index (χ3v) is 4.38. The van der Waals surface area contributed by atoms with Crippen molar-refractivity contribution < 1.29 is 9.84 Å². The van der Waals surface area contributed by atoms with Crippen molar-refractivity contribution in [3.05, 3.63) is 76.1 Å². The molecule has 3 N–H and O–H groups in total. The van der Waals surface area contributed by atoms with Crippen molar-refractivity contribution in [2.75, 3.05) is 13.1 Å². The van der Waals surface area contributed by atoms with Gasteiger partial charge in [-0.2, -0.15) is 0 Å². The molecule has 0 aliphatic carbocycles. The van der Waals surface area contributed by atoms with Crippen LogP contribution < -0.4 is 15.6 Å². The van der Waals surface area contributed by atoms with Gasteiger partial charge < -0.3 is 20.1 Å². The van der Waals surface area contributed by atoms with Gasteiger partial charge in [0.15, 0.2) is 0 Å². The van der Waals surface area contributed by atoms with E-state index in [0.717, 1.165) is 23.1 Å². The summed E-state index contributed by atoms with van der Waals surface area (Å²) in [6.45, 7) is 5.95. The van der Waals surface area contributed by atoms with Gasteiger partial charge in [-0.25, -0.2) is 0 Å². The lowest BCUT2D eigenvalue weighted by Crippen LogP contribution is -2.25. The van der Waals surface area contributed by atoms with E-state index in [2.05, 4.69) is 24.1 Å². The number of ether oxygens (including phenoxy) is 1. The smallest absolute Gasteiger partial charge is 0.248 e. The van der Waals surface area contributed by atoms with E-state index in [1.807, 2.05) is 42.5 Å². The molecular formula is C22H26N2O3. The first-order valence-corrected chi connectivity index (χ1v) is 9.26. The van der Waals surface area contributed by atoms with E-state index in [0.29, 0.717) is 30.3 Å². The van der Waals surface area contributed by atoms with Crippen LogP contribution in [0.15, 0.2) is 59.4 Å². The molecule has 0 fully saturated rings. The largest absolute Gasteiger partial charge is 0.487 e. The van der Waals surface area contributed by atoms with Gasteiger partial charge in [0.25, 0.3) is 0 Å². The van der Waals surface area contributed by atoms with Crippen molar-refractivity contribution in [2.24, 2.45) is 5.92 Å². The summed E-state index contributed by atoms with van der Waals surface area (Å²) in [5.41, 5.74) is 2.23. The maximum absolute atomic E-state index is 11.9. The second kappa shape index (κ2) is 8.84. The van der Waals surface area contributed by atoms with Crippen LogP contribution >= 0.6 is 0 Å². The van der Waals surface area contributed by atoms with E-state index in [-0.39, 0.29) is 5.56 Å². The predicted molar refractivity (Wildman–Crippen MR) is 108 cm³/mol. The number of rotatable bonds is 8. The molecule has 0 aliphatic heterocycles. The molecule has 5 nitrogen and oxygen atoms in total. The number of aliphatic hydroxyl groups excluding tert-OH is 1. The third kappa shape index (κ3) is 4.96. The quantitative estimate of drug-likeness (QED) is 0.571. The lowest BCUT2D eigenvalue weighted by atomic mass is 10.0. The van der Waals surface area contributed by atoms with Crippen LogP contribution in [-0.4, -0.2) is 23.2 Å². The second-order valence-corrected chi connectivity index (χ2v) is 7.11. The molecule has 0 saturated carbocycles. The Kier molecular flexibility index (Phi) is 6.27. The highest BCUT2D eigenvalue weighted by Crippen LogP contribution is 2.30. The molecular weight excluding hydrogens is 340 g/mol. The minimum Gasteiger partial charge on any atom is -0.487 e. The van der Waals surface area contributed by atoms with Crippen molar-refractivity contribution in [2.45, 2.75) is 26.6 Å². The maximum atomic E-state index is 11.9. The molecule has 5 heteroatoms. The van der Waals surface area contributed by atoms with Gasteiger partial charge in [0, 0.05) is 18.0 Å². The molecule has 1 aromatic heterocycles. The first-order valence-electron chi connectivity index (χ1n) is 9.26. The Morgan fingerprint density at radius 3 is 2.56 bits per heavy atom. The number of fused-ring (bicyclic) bond motifs is 1. The van der Waals surface area contributed by atoms with Crippen LogP contribution in [0.3, 0.4) is 0 Å². The molecule has 2 aromatic carbocycles. The fourth-order valence-corrected chi connectivity index (χ4v) is 3.01. The number of aliphatic hydroxyl groups is 1. The average Bonchev–Trinajstić information content (AvgIpc) is 2.66. The standard InChI is InChI=1S/C22H26N2O3/c1-15(2)12-23-13-19(25)17-8-10-20(22-18(17)9-11-21(26)24-22)27-14-16-6-4-3-5-7-16/h3-11,15,19,23,25H,12-14H2,1-2H3,(H,24,26). The lowest BCUT2D eigenvalue weighted by molar-refractivity contribution is 0.175. The van der Waals surface area contributed by atoms with Gasteiger partial charge in [0.2, 0.25) is 5.56 Å². The molecule has 0 saturated heterocycles. The van der Waals surface area contributed by atoms with Gasteiger partial charge >= 0.3 is 0 Å². The zero-order valence-electron chi connectivity index (χ0n) is 15.7. The number of aromatic amines is 1. The molecule has 3 rings (SSSR count). The Balaban J connectivity index is 1.86. The number of hydrogen-bond acceptors (Lipinski definition) is 4. The molecule has 0 amide bonds. The molecule has 0 spiro atoms. The van der Waals surface area contributed by atoms with Crippen LogP contribution in [0.4, 0.5) is 0 Å². The van der Waals surface area contributed by atoms with Crippen LogP contribution in [0.5, 0.6) is 5.75 Å². The van der Waals surface area contributed by atoms with Gasteiger partial charge in [-0.3, -0.25) is 4.79 Å². The molecule has 1 heterocycles. The molecule has 1 atom stereocenters. The third-order valence-electron chi connectivity index (χ3n) is 4.38. The van der Waals surface area contributed by atoms with Crippen LogP contribution in [0.2, 0.25) is 0 Å². The monoisotopic (exact) mass is 366 g/mol. The summed E-state index contributed by atoms with van der Waals surface area (Å²) in [5.74, 6) is 1.11. The Bertz CT molecular complexity index is 935. The number of hydrogen-bond donors (Lipinski definition) is 3. The SMILES string of the molecule is CC(C)CNCC(O)c1ccc(OCc2ccccc2)c2[nH]c(=O)ccc12. The summed E-state index contributed by atoms with van der Waals surface area (Å²) < 4.78 is 5.94. The molecule has 0 radical (unpaired) electrons. The molecule has 3 aromatic rings. The number of H-pyrrole nitrogens is 1. The van der Waals surface area contributed by atoms with Crippen LogP contribution in [0.25, 0.3) is 10.9 Å². The van der Waals surface area contributed by atoms with Crippen LogP contribution in [-0.2, 0) is 6.61 Å².